The van der Waals surface area contributed by atoms with Crippen molar-refractivity contribution >= 4 is 0 Å². The molecule has 0 spiro atoms. The van der Waals surface area contributed by atoms with Crippen LogP contribution in [0.5, 0.6) is 0 Å². The number of hydrogen-bond donors (Lipinski definition) is 1. The Labute approximate surface area is 124 Å². The molecule has 0 aliphatic heterocycles. The summed E-state index contributed by atoms with van der Waals surface area (Å²) in [4.78, 5) is 2.39. The Kier molecular flexibility index (Phi) is 7.82. The fourth-order valence-electron chi connectivity index (χ4n) is 2.18. The average Bonchev–Trinajstić information content (AvgIpc) is 2.46. The van der Waals surface area contributed by atoms with E-state index in [1.807, 2.05) is 0 Å². The molecule has 0 bridgehead atoms. The molecule has 3 heteroatoms. The Morgan fingerprint density at radius 1 is 1.10 bits per heavy atom. The Morgan fingerprint density at radius 2 is 1.80 bits per heavy atom. The quantitative estimate of drug-likeness (QED) is 0.666. The molecule has 0 fully saturated rings. The van der Waals surface area contributed by atoms with E-state index in [0.717, 1.165) is 32.8 Å². The van der Waals surface area contributed by atoms with Crippen LogP contribution in [-0.2, 0) is 10.2 Å². The first-order valence-electron chi connectivity index (χ1n) is 7.50. The normalized spacial score (nSPS) is 12.1. The Balaban J connectivity index is 2.24. The molecule has 1 aromatic carbocycles. The van der Waals surface area contributed by atoms with Crippen LogP contribution >= 0.6 is 0 Å². The van der Waals surface area contributed by atoms with Crippen molar-refractivity contribution in [3.8, 4) is 0 Å². The number of likely N-dealkylation sites (N-methyl/N-ethyl adjacent to an activating group) is 1. The first kappa shape index (κ1) is 17.2. The van der Waals surface area contributed by atoms with E-state index < -0.39 is 0 Å². The van der Waals surface area contributed by atoms with Gasteiger partial charge < -0.3 is 15.0 Å². The van der Waals surface area contributed by atoms with Crippen LogP contribution in [0.25, 0.3) is 0 Å². The number of benzene rings is 1. The lowest BCUT2D eigenvalue weighted by atomic mass is 9.81. The molecule has 0 aliphatic rings. The standard InChI is InChI=1S/C17H30N2O/c1-17(2,16-8-6-5-7-9-16)10-13-19(3)14-11-18-12-15-20-4/h5-9,18H,10-15H2,1-4H3. The summed E-state index contributed by atoms with van der Waals surface area (Å²) < 4.78 is 5.01. The van der Waals surface area contributed by atoms with Crippen molar-refractivity contribution in [3.63, 3.8) is 0 Å². The highest BCUT2D eigenvalue weighted by molar-refractivity contribution is 5.23. The van der Waals surface area contributed by atoms with Crippen molar-refractivity contribution in [1.82, 2.24) is 10.2 Å². The summed E-state index contributed by atoms with van der Waals surface area (Å²) in [7, 11) is 3.93. The zero-order valence-electron chi connectivity index (χ0n) is 13.5. The van der Waals surface area contributed by atoms with E-state index in [1.165, 1.54) is 12.0 Å². The summed E-state index contributed by atoms with van der Waals surface area (Å²) in [5.41, 5.74) is 1.66. The Bertz CT molecular complexity index is 351. The molecule has 3 nitrogen and oxygen atoms in total. The second kappa shape index (κ2) is 9.11. The first-order chi connectivity index (χ1) is 9.56. The average molecular weight is 278 g/mol. The maximum Gasteiger partial charge on any atom is 0.0587 e. The minimum Gasteiger partial charge on any atom is -0.383 e. The third-order valence-electron chi connectivity index (χ3n) is 3.83. The smallest absolute Gasteiger partial charge is 0.0587 e. The summed E-state index contributed by atoms with van der Waals surface area (Å²) in [6.07, 6.45) is 1.17. The lowest BCUT2D eigenvalue weighted by Gasteiger charge is -2.28. The molecule has 0 atom stereocenters. The monoisotopic (exact) mass is 278 g/mol. The lowest BCUT2D eigenvalue weighted by molar-refractivity contribution is 0.197. The third kappa shape index (κ3) is 6.51. The van der Waals surface area contributed by atoms with E-state index in [9.17, 15) is 0 Å². The van der Waals surface area contributed by atoms with Gasteiger partial charge in [0.1, 0.15) is 0 Å². The molecule has 1 rings (SSSR count). The second-order valence-corrected chi connectivity index (χ2v) is 6.05. The third-order valence-corrected chi connectivity index (χ3v) is 3.83. The molecule has 0 heterocycles. The van der Waals surface area contributed by atoms with Crippen LogP contribution in [-0.4, -0.2) is 51.8 Å². The van der Waals surface area contributed by atoms with Crippen molar-refractivity contribution in [2.24, 2.45) is 0 Å². The molecule has 114 valence electrons. The number of rotatable bonds is 10. The zero-order chi connectivity index (χ0) is 14.8. The van der Waals surface area contributed by atoms with Gasteiger partial charge in [0.15, 0.2) is 0 Å². The lowest BCUT2D eigenvalue weighted by Crippen LogP contribution is -2.33. The number of methoxy groups -OCH3 is 1. The van der Waals surface area contributed by atoms with E-state index >= 15 is 0 Å². The molecule has 20 heavy (non-hydrogen) atoms. The topological polar surface area (TPSA) is 24.5 Å². The van der Waals surface area contributed by atoms with Crippen LogP contribution in [0.2, 0.25) is 0 Å². The van der Waals surface area contributed by atoms with E-state index in [0.29, 0.717) is 0 Å². The van der Waals surface area contributed by atoms with Crippen LogP contribution in [0, 0.1) is 0 Å². The van der Waals surface area contributed by atoms with Crippen molar-refractivity contribution in [3.05, 3.63) is 35.9 Å². The number of nitrogens with one attached hydrogen (secondary N) is 1. The number of hydrogen-bond acceptors (Lipinski definition) is 3. The van der Waals surface area contributed by atoms with Crippen molar-refractivity contribution in [1.29, 1.82) is 0 Å². The van der Waals surface area contributed by atoms with Crippen molar-refractivity contribution < 1.29 is 4.74 Å². The molecular weight excluding hydrogens is 248 g/mol. The Morgan fingerprint density at radius 3 is 2.45 bits per heavy atom. The minimum absolute atomic E-state index is 0.235. The first-order valence-corrected chi connectivity index (χ1v) is 7.50. The zero-order valence-corrected chi connectivity index (χ0v) is 13.5. The SMILES string of the molecule is COCCNCCN(C)CCC(C)(C)c1ccccc1. The molecule has 0 aliphatic carbocycles. The molecule has 0 saturated carbocycles. The Hall–Kier alpha value is -0.900. The van der Waals surface area contributed by atoms with Gasteiger partial charge in [0.05, 0.1) is 6.61 Å². The molecule has 0 saturated heterocycles. The predicted octanol–water partition coefficient (Wildman–Crippen LogP) is 2.52. The van der Waals surface area contributed by atoms with Gasteiger partial charge in [-0.3, -0.25) is 0 Å². The molecule has 0 radical (unpaired) electrons. The summed E-state index contributed by atoms with van der Waals surface area (Å²) in [5, 5.41) is 3.38. The highest BCUT2D eigenvalue weighted by atomic mass is 16.5. The summed E-state index contributed by atoms with van der Waals surface area (Å²) >= 11 is 0. The summed E-state index contributed by atoms with van der Waals surface area (Å²) in [5.74, 6) is 0. The van der Waals surface area contributed by atoms with Crippen LogP contribution in [0.15, 0.2) is 30.3 Å². The largest absolute Gasteiger partial charge is 0.383 e. The molecule has 0 unspecified atom stereocenters. The number of ether oxygens (including phenoxy) is 1. The van der Waals surface area contributed by atoms with Crippen LogP contribution in [0.4, 0.5) is 0 Å². The van der Waals surface area contributed by atoms with Gasteiger partial charge in [0.25, 0.3) is 0 Å². The summed E-state index contributed by atoms with van der Waals surface area (Å²) in [6.45, 7) is 9.58. The maximum absolute atomic E-state index is 5.01. The maximum atomic E-state index is 5.01. The van der Waals surface area contributed by atoms with Gasteiger partial charge in [-0.15, -0.1) is 0 Å². The van der Waals surface area contributed by atoms with Gasteiger partial charge in [-0.25, -0.2) is 0 Å². The van der Waals surface area contributed by atoms with Gasteiger partial charge in [-0.05, 0) is 31.0 Å². The number of nitrogens with zero attached hydrogens (tertiary/aromatic N) is 1. The fraction of sp³-hybridized carbons (Fsp3) is 0.647. The highest BCUT2D eigenvalue weighted by Gasteiger charge is 2.20. The van der Waals surface area contributed by atoms with Gasteiger partial charge in [-0.2, -0.15) is 0 Å². The van der Waals surface area contributed by atoms with E-state index in [1.54, 1.807) is 7.11 Å². The van der Waals surface area contributed by atoms with Crippen LogP contribution in [0.3, 0.4) is 0 Å². The van der Waals surface area contributed by atoms with E-state index in [-0.39, 0.29) is 5.41 Å². The van der Waals surface area contributed by atoms with Gasteiger partial charge in [-0.1, -0.05) is 44.2 Å². The molecule has 1 aromatic rings. The second-order valence-electron chi connectivity index (χ2n) is 6.05. The van der Waals surface area contributed by atoms with Crippen molar-refractivity contribution in [2.75, 3.05) is 46.9 Å². The van der Waals surface area contributed by atoms with E-state index in [4.69, 9.17) is 4.74 Å². The van der Waals surface area contributed by atoms with Gasteiger partial charge >= 0.3 is 0 Å². The summed E-state index contributed by atoms with van der Waals surface area (Å²) in [6, 6.07) is 10.8. The molecule has 0 amide bonds. The highest BCUT2D eigenvalue weighted by Crippen LogP contribution is 2.26. The molecule has 1 N–H and O–H groups in total. The van der Waals surface area contributed by atoms with Gasteiger partial charge in [0, 0.05) is 26.7 Å². The van der Waals surface area contributed by atoms with Crippen LogP contribution in [0.1, 0.15) is 25.8 Å². The fourth-order valence-corrected chi connectivity index (χ4v) is 2.18. The minimum atomic E-state index is 0.235. The van der Waals surface area contributed by atoms with Crippen molar-refractivity contribution in [2.45, 2.75) is 25.7 Å². The molecule has 0 aromatic heterocycles. The van der Waals surface area contributed by atoms with Gasteiger partial charge in [0.2, 0.25) is 0 Å². The van der Waals surface area contributed by atoms with E-state index in [2.05, 4.69) is 61.4 Å². The van der Waals surface area contributed by atoms with Crippen LogP contribution < -0.4 is 5.32 Å². The predicted molar refractivity (Wildman–Crippen MR) is 86.3 cm³/mol. The molecular formula is C17H30N2O.